The molecule has 1 heterocycles. The van der Waals surface area contributed by atoms with Gasteiger partial charge in [-0.25, -0.2) is 0 Å². The van der Waals surface area contributed by atoms with E-state index < -0.39 is 0 Å². The Morgan fingerprint density at radius 2 is 0.826 bits per heavy atom. The standard InChI is InChI=1S/C44H30N2/c1-3-16-31(17-4-1)43-39-26-9-7-22-35(39)36-23-8-10-27-40(36)44(43)45(32-18-5-2-6-19-32)33-20-15-21-34(30-33)46-41-28-13-11-24-37(41)38-25-12-14-29-42(38)46/h1-30H. The first-order valence-corrected chi connectivity index (χ1v) is 15.8. The molecule has 46 heavy (non-hydrogen) atoms. The minimum atomic E-state index is 1.10. The molecule has 216 valence electrons. The molecule has 0 N–H and O–H groups in total. The molecule has 0 saturated carbocycles. The Balaban J connectivity index is 1.39. The number of fused-ring (bicyclic) bond motifs is 6. The van der Waals surface area contributed by atoms with Crippen LogP contribution in [-0.2, 0) is 0 Å². The smallest absolute Gasteiger partial charge is 0.0624 e. The van der Waals surface area contributed by atoms with E-state index in [0.717, 1.165) is 17.1 Å². The van der Waals surface area contributed by atoms with Crippen LogP contribution in [-0.4, -0.2) is 4.57 Å². The predicted molar refractivity (Wildman–Crippen MR) is 196 cm³/mol. The van der Waals surface area contributed by atoms with Crippen LogP contribution < -0.4 is 4.90 Å². The van der Waals surface area contributed by atoms with Gasteiger partial charge in [0.15, 0.2) is 0 Å². The number of anilines is 3. The van der Waals surface area contributed by atoms with E-state index in [1.165, 1.54) is 60.2 Å². The molecule has 0 aliphatic rings. The van der Waals surface area contributed by atoms with Crippen molar-refractivity contribution in [1.29, 1.82) is 0 Å². The van der Waals surface area contributed by atoms with Gasteiger partial charge in [-0.2, -0.15) is 0 Å². The number of benzene rings is 8. The normalized spacial score (nSPS) is 11.5. The second-order valence-corrected chi connectivity index (χ2v) is 11.7. The van der Waals surface area contributed by atoms with Crippen molar-refractivity contribution in [1.82, 2.24) is 4.57 Å². The fourth-order valence-electron chi connectivity index (χ4n) is 7.21. The van der Waals surface area contributed by atoms with Crippen molar-refractivity contribution in [2.75, 3.05) is 4.90 Å². The third-order valence-corrected chi connectivity index (χ3v) is 9.13. The Bertz CT molecular complexity index is 2470. The van der Waals surface area contributed by atoms with E-state index in [2.05, 4.69) is 191 Å². The van der Waals surface area contributed by atoms with Crippen molar-refractivity contribution >= 4 is 60.4 Å². The number of para-hydroxylation sites is 3. The van der Waals surface area contributed by atoms with Gasteiger partial charge in [0.05, 0.1) is 16.7 Å². The van der Waals surface area contributed by atoms with Crippen LogP contribution in [0.3, 0.4) is 0 Å². The molecule has 0 amide bonds. The highest BCUT2D eigenvalue weighted by atomic mass is 15.1. The summed E-state index contributed by atoms with van der Waals surface area (Å²) < 4.78 is 2.40. The Kier molecular flexibility index (Phi) is 6.17. The van der Waals surface area contributed by atoms with Crippen LogP contribution in [0.15, 0.2) is 182 Å². The lowest BCUT2D eigenvalue weighted by Crippen LogP contribution is -2.13. The molecule has 0 spiro atoms. The number of hydrogen-bond donors (Lipinski definition) is 0. The van der Waals surface area contributed by atoms with Gasteiger partial charge >= 0.3 is 0 Å². The van der Waals surface area contributed by atoms with Crippen molar-refractivity contribution in [3.05, 3.63) is 182 Å². The monoisotopic (exact) mass is 586 g/mol. The average Bonchev–Trinajstić information content (AvgIpc) is 3.47. The van der Waals surface area contributed by atoms with Crippen LogP contribution in [0.4, 0.5) is 17.1 Å². The van der Waals surface area contributed by atoms with Gasteiger partial charge in [-0.1, -0.05) is 140 Å². The molecular weight excluding hydrogens is 556 g/mol. The maximum atomic E-state index is 2.45. The minimum absolute atomic E-state index is 1.10. The molecule has 2 nitrogen and oxygen atoms in total. The molecule has 8 aromatic carbocycles. The second kappa shape index (κ2) is 10.8. The van der Waals surface area contributed by atoms with Crippen molar-refractivity contribution in [2.24, 2.45) is 0 Å². The minimum Gasteiger partial charge on any atom is -0.309 e. The lowest BCUT2D eigenvalue weighted by molar-refractivity contribution is 1.17. The maximum Gasteiger partial charge on any atom is 0.0624 e. The summed E-state index contributed by atoms with van der Waals surface area (Å²) in [5, 5.41) is 7.47. The number of rotatable bonds is 5. The van der Waals surface area contributed by atoms with E-state index in [1.54, 1.807) is 0 Å². The summed E-state index contributed by atoms with van der Waals surface area (Å²) in [5.74, 6) is 0. The first kappa shape index (κ1) is 26.3. The van der Waals surface area contributed by atoms with Crippen LogP contribution in [0.25, 0.3) is 60.2 Å². The number of hydrogen-bond acceptors (Lipinski definition) is 1. The molecule has 0 fully saturated rings. The quantitative estimate of drug-likeness (QED) is 0.182. The number of nitrogens with zero attached hydrogens (tertiary/aromatic N) is 2. The lowest BCUT2D eigenvalue weighted by atomic mass is 9.90. The summed E-state index contributed by atoms with van der Waals surface area (Å²) in [6, 6.07) is 65.7. The molecule has 1 aromatic heterocycles. The summed E-state index contributed by atoms with van der Waals surface area (Å²) in [6.07, 6.45) is 0. The van der Waals surface area contributed by atoms with Crippen LogP contribution in [0.1, 0.15) is 0 Å². The third kappa shape index (κ3) is 4.12. The molecule has 0 aliphatic carbocycles. The molecule has 0 bridgehead atoms. The van der Waals surface area contributed by atoms with E-state index in [9.17, 15) is 0 Å². The van der Waals surface area contributed by atoms with Crippen molar-refractivity contribution < 1.29 is 0 Å². The van der Waals surface area contributed by atoms with Crippen LogP contribution in [0.5, 0.6) is 0 Å². The van der Waals surface area contributed by atoms with E-state index >= 15 is 0 Å². The van der Waals surface area contributed by atoms with Gasteiger partial charge in [0.25, 0.3) is 0 Å². The number of aromatic nitrogens is 1. The van der Waals surface area contributed by atoms with Gasteiger partial charge in [-0.15, -0.1) is 0 Å². The largest absolute Gasteiger partial charge is 0.309 e. The first-order valence-electron chi connectivity index (χ1n) is 15.8. The highest BCUT2D eigenvalue weighted by molar-refractivity contribution is 6.22. The zero-order valence-electron chi connectivity index (χ0n) is 25.2. The van der Waals surface area contributed by atoms with Gasteiger partial charge in [-0.05, 0) is 64.2 Å². The van der Waals surface area contributed by atoms with E-state index in [0.29, 0.717) is 0 Å². The predicted octanol–water partition coefficient (Wildman–Crippen LogP) is 12.2. The highest BCUT2D eigenvalue weighted by Crippen LogP contribution is 2.49. The maximum absolute atomic E-state index is 2.45. The molecule has 9 aromatic rings. The summed E-state index contributed by atoms with van der Waals surface area (Å²) >= 11 is 0. The highest BCUT2D eigenvalue weighted by Gasteiger charge is 2.24. The lowest BCUT2D eigenvalue weighted by Gasteiger charge is -2.31. The Morgan fingerprint density at radius 3 is 1.48 bits per heavy atom. The zero-order valence-corrected chi connectivity index (χ0v) is 25.2. The second-order valence-electron chi connectivity index (χ2n) is 11.7. The SMILES string of the molecule is c1ccc(-c2c(N(c3ccccc3)c3cccc(-n4c5ccccc5c5ccccc54)c3)c3ccccc3c3ccccc23)cc1. The molecule has 0 aliphatic heterocycles. The Hall–Kier alpha value is -6.12. The fraction of sp³-hybridized carbons (Fsp3) is 0. The van der Waals surface area contributed by atoms with Crippen LogP contribution in [0, 0.1) is 0 Å². The molecule has 0 unspecified atom stereocenters. The Labute approximate surface area is 268 Å². The molecule has 2 heteroatoms. The average molecular weight is 587 g/mol. The fourth-order valence-corrected chi connectivity index (χ4v) is 7.21. The molecule has 0 radical (unpaired) electrons. The van der Waals surface area contributed by atoms with E-state index in [4.69, 9.17) is 0 Å². The summed E-state index contributed by atoms with van der Waals surface area (Å²) in [7, 11) is 0. The third-order valence-electron chi connectivity index (χ3n) is 9.13. The van der Waals surface area contributed by atoms with Crippen molar-refractivity contribution in [3.63, 3.8) is 0 Å². The summed E-state index contributed by atoms with van der Waals surface area (Å²) in [6.45, 7) is 0. The van der Waals surface area contributed by atoms with Gasteiger partial charge in [0.2, 0.25) is 0 Å². The van der Waals surface area contributed by atoms with E-state index in [1.807, 2.05) is 0 Å². The van der Waals surface area contributed by atoms with Crippen molar-refractivity contribution in [3.8, 4) is 16.8 Å². The van der Waals surface area contributed by atoms with Crippen LogP contribution in [0.2, 0.25) is 0 Å². The van der Waals surface area contributed by atoms with Gasteiger partial charge in [-0.3, -0.25) is 0 Å². The van der Waals surface area contributed by atoms with Gasteiger partial charge in [0.1, 0.15) is 0 Å². The topological polar surface area (TPSA) is 8.17 Å². The molecule has 0 saturated heterocycles. The van der Waals surface area contributed by atoms with E-state index in [-0.39, 0.29) is 0 Å². The summed E-state index contributed by atoms with van der Waals surface area (Å²) in [4.78, 5) is 2.45. The van der Waals surface area contributed by atoms with Gasteiger partial charge in [0, 0.05) is 38.8 Å². The Morgan fingerprint density at radius 1 is 0.348 bits per heavy atom. The van der Waals surface area contributed by atoms with Crippen LogP contribution >= 0.6 is 0 Å². The van der Waals surface area contributed by atoms with Crippen molar-refractivity contribution in [2.45, 2.75) is 0 Å². The molecular formula is C44H30N2. The molecule has 9 rings (SSSR count). The molecule has 0 atom stereocenters. The summed E-state index contributed by atoms with van der Waals surface area (Å²) in [5.41, 5.74) is 9.33. The van der Waals surface area contributed by atoms with Gasteiger partial charge < -0.3 is 9.47 Å². The first-order chi connectivity index (χ1) is 22.9. The zero-order chi connectivity index (χ0) is 30.5.